The monoisotopic (exact) mass is 214 g/mol. The maximum absolute atomic E-state index is 8.86. The highest BCUT2D eigenvalue weighted by Gasteiger charge is 2.22. The molecule has 1 aliphatic heterocycles. The van der Waals surface area contributed by atoms with Crippen molar-refractivity contribution in [1.29, 1.82) is 0 Å². The van der Waals surface area contributed by atoms with Crippen molar-refractivity contribution in [1.82, 2.24) is 10.2 Å². The lowest BCUT2D eigenvalue weighted by Gasteiger charge is -2.34. The molecular weight excluding hydrogens is 188 g/mol. The molecule has 0 bridgehead atoms. The second kappa shape index (κ2) is 7.20. The molecule has 3 nitrogen and oxygen atoms in total. The summed E-state index contributed by atoms with van der Waals surface area (Å²) in [7, 11) is 0. The minimum absolute atomic E-state index is 0.300. The van der Waals surface area contributed by atoms with Gasteiger partial charge in [0.2, 0.25) is 0 Å². The van der Waals surface area contributed by atoms with E-state index in [1.807, 2.05) is 0 Å². The third kappa shape index (κ3) is 4.49. The molecule has 0 spiro atoms. The summed E-state index contributed by atoms with van der Waals surface area (Å²) in [5, 5.41) is 12.4. The SMILES string of the molecule is CCCNC(C)C1CCN(CCO)CC1. The fraction of sp³-hybridized carbons (Fsp3) is 1.00. The van der Waals surface area contributed by atoms with Gasteiger partial charge in [-0.3, -0.25) is 0 Å². The molecule has 1 aliphatic rings. The van der Waals surface area contributed by atoms with Gasteiger partial charge in [0.1, 0.15) is 0 Å². The van der Waals surface area contributed by atoms with E-state index in [4.69, 9.17) is 5.11 Å². The van der Waals surface area contributed by atoms with Gasteiger partial charge in [-0.05, 0) is 51.7 Å². The van der Waals surface area contributed by atoms with Crippen LogP contribution in [-0.2, 0) is 0 Å². The van der Waals surface area contributed by atoms with Crippen LogP contribution in [0.25, 0.3) is 0 Å². The highest BCUT2D eigenvalue weighted by Crippen LogP contribution is 2.20. The molecule has 0 radical (unpaired) electrons. The molecule has 0 saturated carbocycles. The molecule has 1 unspecified atom stereocenters. The summed E-state index contributed by atoms with van der Waals surface area (Å²) in [6.07, 6.45) is 3.77. The number of aliphatic hydroxyl groups excluding tert-OH is 1. The van der Waals surface area contributed by atoms with Crippen molar-refractivity contribution in [3.63, 3.8) is 0 Å². The number of rotatable bonds is 6. The van der Waals surface area contributed by atoms with Gasteiger partial charge in [-0.2, -0.15) is 0 Å². The molecule has 15 heavy (non-hydrogen) atoms. The highest BCUT2D eigenvalue weighted by atomic mass is 16.3. The first-order valence-corrected chi connectivity index (χ1v) is 6.34. The summed E-state index contributed by atoms with van der Waals surface area (Å²) in [5.41, 5.74) is 0. The van der Waals surface area contributed by atoms with Crippen molar-refractivity contribution in [2.75, 3.05) is 32.8 Å². The van der Waals surface area contributed by atoms with E-state index in [0.29, 0.717) is 12.6 Å². The van der Waals surface area contributed by atoms with Crippen LogP contribution in [0, 0.1) is 5.92 Å². The molecule has 1 rings (SSSR count). The second-order valence-electron chi connectivity index (χ2n) is 4.65. The third-order valence-corrected chi connectivity index (χ3v) is 3.47. The molecule has 3 heteroatoms. The van der Waals surface area contributed by atoms with Gasteiger partial charge in [0.05, 0.1) is 6.61 Å². The fourth-order valence-corrected chi connectivity index (χ4v) is 2.36. The van der Waals surface area contributed by atoms with E-state index >= 15 is 0 Å². The Bertz CT molecular complexity index is 156. The molecular formula is C12H26N2O. The van der Waals surface area contributed by atoms with E-state index in [2.05, 4.69) is 24.1 Å². The zero-order valence-electron chi connectivity index (χ0n) is 10.2. The van der Waals surface area contributed by atoms with E-state index in [0.717, 1.165) is 32.1 Å². The Balaban J connectivity index is 2.18. The summed E-state index contributed by atoms with van der Waals surface area (Å²) in [6, 6.07) is 0.654. The molecule has 0 aromatic carbocycles. The quantitative estimate of drug-likeness (QED) is 0.694. The average molecular weight is 214 g/mol. The fourth-order valence-electron chi connectivity index (χ4n) is 2.36. The van der Waals surface area contributed by atoms with Crippen LogP contribution in [0.4, 0.5) is 0 Å². The molecule has 1 heterocycles. The molecule has 1 fully saturated rings. The van der Waals surface area contributed by atoms with Crippen molar-refractivity contribution in [3.8, 4) is 0 Å². The lowest BCUT2D eigenvalue weighted by atomic mass is 9.90. The van der Waals surface area contributed by atoms with Crippen LogP contribution in [0.3, 0.4) is 0 Å². The Morgan fingerprint density at radius 1 is 1.40 bits per heavy atom. The molecule has 0 aliphatic carbocycles. The second-order valence-corrected chi connectivity index (χ2v) is 4.65. The van der Waals surface area contributed by atoms with Crippen LogP contribution < -0.4 is 5.32 Å². The minimum atomic E-state index is 0.300. The van der Waals surface area contributed by atoms with E-state index < -0.39 is 0 Å². The lowest BCUT2D eigenvalue weighted by Crippen LogP contribution is -2.42. The van der Waals surface area contributed by atoms with E-state index in [-0.39, 0.29) is 0 Å². The van der Waals surface area contributed by atoms with Crippen LogP contribution in [-0.4, -0.2) is 48.8 Å². The predicted octanol–water partition coefficient (Wildman–Crippen LogP) is 1.08. The Labute approximate surface area is 93.9 Å². The van der Waals surface area contributed by atoms with Gasteiger partial charge in [0, 0.05) is 12.6 Å². The number of nitrogens with one attached hydrogen (secondary N) is 1. The van der Waals surface area contributed by atoms with Gasteiger partial charge < -0.3 is 15.3 Å². The number of aliphatic hydroxyl groups is 1. The van der Waals surface area contributed by atoms with E-state index in [9.17, 15) is 0 Å². The Kier molecular flexibility index (Phi) is 6.22. The van der Waals surface area contributed by atoms with Crippen LogP contribution in [0.1, 0.15) is 33.1 Å². The maximum atomic E-state index is 8.86. The van der Waals surface area contributed by atoms with Crippen LogP contribution >= 0.6 is 0 Å². The molecule has 2 N–H and O–H groups in total. The van der Waals surface area contributed by atoms with Gasteiger partial charge in [-0.25, -0.2) is 0 Å². The van der Waals surface area contributed by atoms with Gasteiger partial charge in [0.25, 0.3) is 0 Å². The van der Waals surface area contributed by atoms with Crippen molar-refractivity contribution in [2.24, 2.45) is 5.92 Å². The predicted molar refractivity (Wildman–Crippen MR) is 64.0 cm³/mol. The van der Waals surface area contributed by atoms with Gasteiger partial charge in [-0.15, -0.1) is 0 Å². The maximum Gasteiger partial charge on any atom is 0.0558 e. The van der Waals surface area contributed by atoms with Crippen molar-refractivity contribution < 1.29 is 5.11 Å². The molecule has 1 atom stereocenters. The average Bonchev–Trinajstić information content (AvgIpc) is 2.27. The number of hydrogen-bond acceptors (Lipinski definition) is 3. The highest BCUT2D eigenvalue weighted by molar-refractivity contribution is 4.79. The first-order valence-electron chi connectivity index (χ1n) is 6.34. The van der Waals surface area contributed by atoms with Crippen molar-refractivity contribution in [2.45, 2.75) is 39.2 Å². The number of β-amino-alcohol motifs (C(OH)–C–C–N with tert-alkyl or cyclic N) is 1. The number of nitrogens with zero attached hydrogens (tertiary/aromatic N) is 1. The van der Waals surface area contributed by atoms with E-state index in [1.165, 1.54) is 19.3 Å². The van der Waals surface area contributed by atoms with Crippen LogP contribution in [0.15, 0.2) is 0 Å². The summed E-state index contributed by atoms with van der Waals surface area (Å²) in [6.45, 7) is 9.12. The molecule has 0 aromatic heterocycles. The van der Waals surface area contributed by atoms with Crippen LogP contribution in [0.5, 0.6) is 0 Å². The first kappa shape index (κ1) is 12.9. The molecule has 1 saturated heterocycles. The minimum Gasteiger partial charge on any atom is -0.395 e. The number of hydrogen-bond donors (Lipinski definition) is 2. The number of piperidine rings is 1. The van der Waals surface area contributed by atoms with Gasteiger partial charge in [0.15, 0.2) is 0 Å². The zero-order valence-corrected chi connectivity index (χ0v) is 10.2. The first-order chi connectivity index (χ1) is 7.27. The Morgan fingerprint density at radius 2 is 2.07 bits per heavy atom. The summed E-state index contributed by atoms with van der Waals surface area (Å²) in [4.78, 5) is 2.36. The molecule has 0 amide bonds. The summed E-state index contributed by atoms with van der Waals surface area (Å²) in [5.74, 6) is 0.825. The normalized spacial score (nSPS) is 21.8. The van der Waals surface area contributed by atoms with Crippen molar-refractivity contribution in [3.05, 3.63) is 0 Å². The summed E-state index contributed by atoms with van der Waals surface area (Å²) >= 11 is 0. The summed E-state index contributed by atoms with van der Waals surface area (Å²) < 4.78 is 0. The van der Waals surface area contributed by atoms with Crippen molar-refractivity contribution >= 4 is 0 Å². The Hall–Kier alpha value is -0.120. The van der Waals surface area contributed by atoms with Crippen LogP contribution in [0.2, 0.25) is 0 Å². The van der Waals surface area contributed by atoms with E-state index in [1.54, 1.807) is 0 Å². The third-order valence-electron chi connectivity index (χ3n) is 3.47. The topological polar surface area (TPSA) is 35.5 Å². The van der Waals surface area contributed by atoms with Gasteiger partial charge in [-0.1, -0.05) is 6.92 Å². The lowest BCUT2D eigenvalue weighted by molar-refractivity contribution is 0.134. The molecule has 90 valence electrons. The number of likely N-dealkylation sites (tertiary alicyclic amines) is 1. The van der Waals surface area contributed by atoms with Gasteiger partial charge >= 0.3 is 0 Å². The Morgan fingerprint density at radius 3 is 2.60 bits per heavy atom. The standard InChI is InChI=1S/C12H26N2O/c1-3-6-13-11(2)12-4-7-14(8-5-12)9-10-15/h11-13,15H,3-10H2,1-2H3. The largest absolute Gasteiger partial charge is 0.395 e. The molecule has 0 aromatic rings. The zero-order chi connectivity index (χ0) is 11.1. The smallest absolute Gasteiger partial charge is 0.0558 e.